The average molecular weight is 351 g/mol. The Balaban J connectivity index is 2.08. The van der Waals surface area contributed by atoms with Crippen molar-refractivity contribution in [3.8, 4) is 0 Å². The van der Waals surface area contributed by atoms with Gasteiger partial charge in [0.1, 0.15) is 0 Å². The van der Waals surface area contributed by atoms with E-state index in [0.717, 1.165) is 10.0 Å². The minimum atomic E-state index is -0.261. The summed E-state index contributed by atoms with van der Waals surface area (Å²) in [6.07, 6.45) is 3.51. The van der Waals surface area contributed by atoms with Crippen LogP contribution in [0.25, 0.3) is 0 Å². The summed E-state index contributed by atoms with van der Waals surface area (Å²) in [6.45, 7) is 4.27. The van der Waals surface area contributed by atoms with E-state index >= 15 is 0 Å². The second kappa shape index (κ2) is 6.87. The first-order chi connectivity index (χ1) is 9.97. The van der Waals surface area contributed by atoms with Crippen LogP contribution in [0.1, 0.15) is 19.4 Å². The fourth-order valence-electron chi connectivity index (χ4n) is 1.81. The molecule has 0 spiro atoms. The van der Waals surface area contributed by atoms with Gasteiger partial charge in [0.15, 0.2) is 0 Å². The number of rotatable bonds is 5. The molecule has 6 heteroatoms. The Morgan fingerprint density at radius 2 is 2.05 bits per heavy atom. The minimum absolute atomic E-state index is 0.117. The highest BCUT2D eigenvalue weighted by atomic mass is 79.9. The highest BCUT2D eigenvalue weighted by Crippen LogP contribution is 2.14. The summed E-state index contributed by atoms with van der Waals surface area (Å²) in [6, 6.07) is 7.84. The van der Waals surface area contributed by atoms with E-state index in [-0.39, 0.29) is 17.9 Å². The van der Waals surface area contributed by atoms with E-state index < -0.39 is 0 Å². The summed E-state index contributed by atoms with van der Waals surface area (Å²) >= 11 is 3.41. The number of benzene rings is 1. The van der Waals surface area contributed by atoms with Gasteiger partial charge in [-0.1, -0.05) is 35.0 Å². The number of aromatic nitrogens is 2. The maximum atomic E-state index is 12.1. The van der Waals surface area contributed by atoms with Crippen LogP contribution in [0, 0.1) is 5.92 Å². The molecule has 1 aromatic carbocycles. The number of nitrogens with two attached hydrogens (primary N) is 1. The third-order valence-corrected chi connectivity index (χ3v) is 3.95. The number of nitrogens with zero attached hydrogens (tertiary/aromatic N) is 2. The van der Waals surface area contributed by atoms with Crippen molar-refractivity contribution in [2.75, 3.05) is 5.32 Å². The molecule has 0 saturated heterocycles. The smallest absolute Gasteiger partial charge is 0.231 e. The van der Waals surface area contributed by atoms with E-state index in [1.807, 2.05) is 48.9 Å². The zero-order valence-corrected chi connectivity index (χ0v) is 13.7. The number of imidazole rings is 1. The van der Waals surface area contributed by atoms with Crippen LogP contribution in [-0.4, -0.2) is 21.5 Å². The molecule has 2 atom stereocenters. The van der Waals surface area contributed by atoms with Crippen molar-refractivity contribution in [1.82, 2.24) is 9.55 Å². The second-order valence-corrected chi connectivity index (χ2v) is 6.06. The quantitative estimate of drug-likeness (QED) is 0.870. The molecule has 2 rings (SSSR count). The first-order valence-corrected chi connectivity index (χ1v) is 7.58. The number of halogens is 1. The number of nitrogens with one attached hydrogen (secondary N) is 1. The van der Waals surface area contributed by atoms with Crippen LogP contribution < -0.4 is 11.1 Å². The molecule has 0 aliphatic rings. The van der Waals surface area contributed by atoms with Crippen LogP contribution in [0.4, 0.5) is 5.95 Å². The fraction of sp³-hybridized carbons (Fsp3) is 0.333. The molecule has 3 N–H and O–H groups in total. The summed E-state index contributed by atoms with van der Waals surface area (Å²) in [5.74, 6) is 0.159. The van der Waals surface area contributed by atoms with E-state index in [2.05, 4.69) is 26.2 Å². The van der Waals surface area contributed by atoms with E-state index in [1.165, 1.54) is 0 Å². The van der Waals surface area contributed by atoms with Crippen molar-refractivity contribution in [3.63, 3.8) is 0 Å². The first-order valence-electron chi connectivity index (χ1n) is 6.79. The van der Waals surface area contributed by atoms with Crippen molar-refractivity contribution in [3.05, 3.63) is 46.7 Å². The second-order valence-electron chi connectivity index (χ2n) is 5.14. The van der Waals surface area contributed by atoms with Gasteiger partial charge in [0, 0.05) is 22.9 Å². The number of anilines is 1. The number of carbonyl (C=O) groups excluding carboxylic acids is 1. The Kier molecular flexibility index (Phi) is 5.14. The van der Waals surface area contributed by atoms with E-state index in [1.54, 1.807) is 6.20 Å². The van der Waals surface area contributed by atoms with Gasteiger partial charge in [-0.05, 0) is 24.6 Å². The highest BCUT2D eigenvalue weighted by molar-refractivity contribution is 9.10. The summed E-state index contributed by atoms with van der Waals surface area (Å²) in [5, 5.41) is 2.83. The van der Waals surface area contributed by atoms with Crippen LogP contribution >= 0.6 is 15.9 Å². The fourth-order valence-corrected chi connectivity index (χ4v) is 2.07. The molecule has 5 nitrogen and oxygen atoms in total. The topological polar surface area (TPSA) is 72.9 Å². The molecule has 2 unspecified atom stereocenters. The number of hydrogen-bond acceptors (Lipinski definition) is 3. The van der Waals surface area contributed by atoms with Crippen LogP contribution in [0.15, 0.2) is 41.1 Å². The normalized spacial score (nSPS) is 13.7. The van der Waals surface area contributed by atoms with Crippen molar-refractivity contribution >= 4 is 27.8 Å². The standard InChI is InChI=1S/C15H19BrN4O/c1-10(11(2)17)14(21)19-15-18-7-8-20(15)9-12-3-5-13(16)6-4-12/h3-8,10-11H,9,17H2,1-2H3,(H,18,19,21). The Bertz CT molecular complexity index is 606. The minimum Gasteiger partial charge on any atom is -0.327 e. The van der Waals surface area contributed by atoms with Crippen molar-refractivity contribution in [2.24, 2.45) is 11.7 Å². The van der Waals surface area contributed by atoms with Gasteiger partial charge in [-0.2, -0.15) is 0 Å². The summed E-state index contributed by atoms with van der Waals surface area (Å²) in [5.41, 5.74) is 6.88. The Morgan fingerprint density at radius 3 is 2.67 bits per heavy atom. The maximum absolute atomic E-state index is 12.1. The molecule has 0 aliphatic carbocycles. The van der Waals surface area contributed by atoms with Gasteiger partial charge in [0.2, 0.25) is 11.9 Å². The summed E-state index contributed by atoms with van der Waals surface area (Å²) < 4.78 is 2.94. The molecule has 0 radical (unpaired) electrons. The molecule has 1 heterocycles. The molecule has 0 aliphatic heterocycles. The average Bonchev–Trinajstić information content (AvgIpc) is 2.87. The molecule has 112 valence electrons. The van der Waals surface area contributed by atoms with Gasteiger partial charge < -0.3 is 10.3 Å². The lowest BCUT2D eigenvalue weighted by Gasteiger charge is -2.15. The molecule has 0 fully saturated rings. The van der Waals surface area contributed by atoms with Crippen LogP contribution in [0.2, 0.25) is 0 Å². The molecular weight excluding hydrogens is 332 g/mol. The van der Waals surface area contributed by atoms with Crippen molar-refractivity contribution in [2.45, 2.75) is 26.4 Å². The number of hydrogen-bond donors (Lipinski definition) is 2. The van der Waals surface area contributed by atoms with Gasteiger partial charge in [-0.15, -0.1) is 0 Å². The predicted octanol–water partition coefficient (Wildman–Crippen LogP) is 2.62. The largest absolute Gasteiger partial charge is 0.327 e. The maximum Gasteiger partial charge on any atom is 0.231 e. The molecular formula is C15H19BrN4O. The lowest BCUT2D eigenvalue weighted by atomic mass is 10.0. The van der Waals surface area contributed by atoms with Crippen LogP contribution in [-0.2, 0) is 11.3 Å². The lowest BCUT2D eigenvalue weighted by molar-refractivity contribution is -0.119. The molecule has 1 aromatic heterocycles. The first kappa shape index (κ1) is 15.7. The molecule has 0 bridgehead atoms. The van der Waals surface area contributed by atoms with E-state index in [9.17, 15) is 4.79 Å². The third-order valence-electron chi connectivity index (χ3n) is 3.42. The molecule has 21 heavy (non-hydrogen) atoms. The molecule has 0 saturated carbocycles. The van der Waals surface area contributed by atoms with Crippen molar-refractivity contribution in [1.29, 1.82) is 0 Å². The Morgan fingerprint density at radius 1 is 1.38 bits per heavy atom. The number of amides is 1. The zero-order chi connectivity index (χ0) is 15.4. The predicted molar refractivity (Wildman–Crippen MR) is 86.9 cm³/mol. The van der Waals surface area contributed by atoms with Crippen LogP contribution in [0.3, 0.4) is 0 Å². The monoisotopic (exact) mass is 350 g/mol. The third kappa shape index (κ3) is 4.15. The van der Waals surface area contributed by atoms with Crippen molar-refractivity contribution < 1.29 is 4.79 Å². The van der Waals surface area contributed by atoms with Gasteiger partial charge in [-0.3, -0.25) is 10.1 Å². The van der Waals surface area contributed by atoms with E-state index in [0.29, 0.717) is 12.5 Å². The Hall–Kier alpha value is -1.66. The molecule has 1 amide bonds. The SMILES string of the molecule is CC(N)C(C)C(=O)Nc1nccn1Cc1ccc(Br)cc1. The highest BCUT2D eigenvalue weighted by Gasteiger charge is 2.18. The van der Waals surface area contributed by atoms with Gasteiger partial charge >= 0.3 is 0 Å². The van der Waals surface area contributed by atoms with Gasteiger partial charge in [0.05, 0.1) is 12.5 Å². The van der Waals surface area contributed by atoms with Gasteiger partial charge in [-0.25, -0.2) is 4.98 Å². The summed E-state index contributed by atoms with van der Waals surface area (Å²) in [7, 11) is 0. The lowest BCUT2D eigenvalue weighted by Crippen LogP contribution is -2.35. The molecule has 2 aromatic rings. The Labute approximate surface area is 132 Å². The van der Waals surface area contributed by atoms with E-state index in [4.69, 9.17) is 5.73 Å². The zero-order valence-electron chi connectivity index (χ0n) is 12.1. The number of carbonyl (C=O) groups is 1. The summed E-state index contributed by atoms with van der Waals surface area (Å²) in [4.78, 5) is 16.2. The van der Waals surface area contributed by atoms with Crippen LogP contribution in [0.5, 0.6) is 0 Å². The van der Waals surface area contributed by atoms with Gasteiger partial charge in [0.25, 0.3) is 0 Å².